The van der Waals surface area contributed by atoms with Gasteiger partial charge in [0, 0.05) is 24.8 Å². The van der Waals surface area contributed by atoms with Crippen molar-refractivity contribution in [1.82, 2.24) is 10.3 Å². The Morgan fingerprint density at radius 1 is 1.48 bits per heavy atom. The van der Waals surface area contributed by atoms with Gasteiger partial charge in [-0.15, -0.1) is 11.3 Å². The summed E-state index contributed by atoms with van der Waals surface area (Å²) in [5.41, 5.74) is 0.428. The fourth-order valence-electron chi connectivity index (χ4n) is 3.12. The van der Waals surface area contributed by atoms with Gasteiger partial charge in [0.05, 0.1) is 23.1 Å². The molecule has 1 heterocycles. The van der Waals surface area contributed by atoms with Gasteiger partial charge in [0.2, 0.25) is 0 Å². The van der Waals surface area contributed by atoms with Gasteiger partial charge in [-0.2, -0.15) is 0 Å². The van der Waals surface area contributed by atoms with Gasteiger partial charge in [0.1, 0.15) is 5.01 Å². The third-order valence-electron chi connectivity index (χ3n) is 4.26. The number of nitrogens with zero attached hydrogens (tertiary/aromatic N) is 1. The van der Waals surface area contributed by atoms with E-state index >= 15 is 0 Å². The van der Waals surface area contributed by atoms with E-state index in [-0.39, 0.29) is 0 Å². The molecule has 1 aromatic rings. The molecular formula is C14H24N2O3S2. The monoisotopic (exact) mass is 332 g/mol. The van der Waals surface area contributed by atoms with Crippen LogP contribution < -0.4 is 5.32 Å². The highest BCUT2D eigenvalue weighted by Gasteiger charge is 2.51. The Hall–Kier alpha value is -0.500. The smallest absolute Gasteiger partial charge is 0.152 e. The summed E-state index contributed by atoms with van der Waals surface area (Å²) in [5.74, 6) is 0. The number of aryl methyl sites for hydroxylation is 2. The molecule has 0 aliphatic heterocycles. The minimum absolute atomic E-state index is 0.410. The average Bonchev–Trinajstić information content (AvgIpc) is 2.95. The highest BCUT2D eigenvalue weighted by Crippen LogP contribution is 2.44. The second-order valence-corrected chi connectivity index (χ2v) is 9.19. The van der Waals surface area contributed by atoms with Crippen LogP contribution in [0.2, 0.25) is 0 Å². The summed E-state index contributed by atoms with van der Waals surface area (Å²) in [6.07, 6.45) is 3.73. The predicted molar refractivity (Wildman–Crippen MR) is 85.6 cm³/mol. The van der Waals surface area contributed by atoms with Crippen LogP contribution in [0.25, 0.3) is 0 Å². The number of rotatable bonds is 6. The Balaban J connectivity index is 2.43. The summed E-state index contributed by atoms with van der Waals surface area (Å²) in [4.78, 5) is 5.81. The third kappa shape index (κ3) is 3.31. The minimum Gasteiger partial charge on any atom is -0.383 e. The highest BCUT2D eigenvalue weighted by molar-refractivity contribution is 7.91. The maximum absolute atomic E-state index is 12.3. The van der Waals surface area contributed by atoms with E-state index < -0.39 is 20.6 Å². The van der Waals surface area contributed by atoms with Crippen LogP contribution in [0.15, 0.2) is 0 Å². The van der Waals surface area contributed by atoms with E-state index in [1.165, 1.54) is 6.26 Å². The van der Waals surface area contributed by atoms with Crippen LogP contribution >= 0.6 is 11.3 Å². The van der Waals surface area contributed by atoms with Gasteiger partial charge in [0.15, 0.2) is 9.84 Å². The van der Waals surface area contributed by atoms with E-state index in [4.69, 9.17) is 4.74 Å². The summed E-state index contributed by atoms with van der Waals surface area (Å²) in [6, 6.07) is 0. The number of hydrogen-bond acceptors (Lipinski definition) is 6. The van der Waals surface area contributed by atoms with E-state index in [0.717, 1.165) is 28.4 Å². The van der Waals surface area contributed by atoms with Gasteiger partial charge in [-0.1, -0.05) is 0 Å². The molecule has 0 amide bonds. The zero-order chi connectivity index (χ0) is 15.7. The Morgan fingerprint density at radius 2 is 2.19 bits per heavy atom. The van der Waals surface area contributed by atoms with Crippen LogP contribution in [-0.4, -0.2) is 45.2 Å². The molecule has 2 rings (SSSR count). The van der Waals surface area contributed by atoms with Crippen LogP contribution in [0, 0.1) is 13.8 Å². The molecular weight excluding hydrogens is 308 g/mol. The number of hydrogen-bond donors (Lipinski definition) is 1. The van der Waals surface area contributed by atoms with Crippen LogP contribution in [-0.2, 0) is 20.1 Å². The molecule has 7 heteroatoms. The van der Waals surface area contributed by atoms with Crippen molar-refractivity contribution in [2.24, 2.45) is 0 Å². The maximum Gasteiger partial charge on any atom is 0.152 e. The summed E-state index contributed by atoms with van der Waals surface area (Å²) in [5, 5.41) is 3.95. The van der Waals surface area contributed by atoms with Crippen LogP contribution in [0.1, 0.15) is 34.8 Å². The molecule has 5 nitrogen and oxygen atoms in total. The second-order valence-electron chi connectivity index (χ2n) is 5.76. The van der Waals surface area contributed by atoms with Crippen molar-refractivity contribution in [2.75, 3.05) is 26.5 Å². The molecule has 1 fully saturated rings. The summed E-state index contributed by atoms with van der Waals surface area (Å²) in [6.45, 7) is 5.19. The Bertz CT molecular complexity index is 578. The van der Waals surface area contributed by atoms with Gasteiger partial charge in [0.25, 0.3) is 0 Å². The topological polar surface area (TPSA) is 68.3 Å². The van der Waals surface area contributed by atoms with Crippen molar-refractivity contribution in [1.29, 1.82) is 0 Å². The fourth-order valence-corrected chi connectivity index (χ4v) is 5.99. The number of aromatic nitrogens is 1. The zero-order valence-corrected chi connectivity index (χ0v) is 14.7. The van der Waals surface area contributed by atoms with Crippen LogP contribution in [0.3, 0.4) is 0 Å². The van der Waals surface area contributed by atoms with Crippen LogP contribution in [0.5, 0.6) is 0 Å². The largest absolute Gasteiger partial charge is 0.383 e. The Morgan fingerprint density at radius 3 is 2.71 bits per heavy atom. The molecule has 2 unspecified atom stereocenters. The number of ether oxygens (including phenoxy) is 1. The molecule has 0 saturated heterocycles. The summed E-state index contributed by atoms with van der Waals surface area (Å²) in [7, 11) is -1.49. The SMILES string of the molecule is COCCNC1(c2nc(C)c(C)s2)CCCC1S(C)(=O)=O. The number of thiazole rings is 1. The lowest BCUT2D eigenvalue weighted by molar-refractivity contribution is 0.184. The predicted octanol–water partition coefficient (Wildman–Crippen LogP) is 1.79. The Labute approximate surface area is 131 Å². The molecule has 21 heavy (non-hydrogen) atoms. The first-order valence-corrected chi connectivity index (χ1v) is 9.95. The molecule has 1 aromatic heterocycles. The summed E-state index contributed by atoms with van der Waals surface area (Å²) >= 11 is 1.61. The lowest BCUT2D eigenvalue weighted by atomic mass is 9.98. The lowest BCUT2D eigenvalue weighted by Gasteiger charge is -2.34. The first-order valence-electron chi connectivity index (χ1n) is 7.18. The molecule has 0 aromatic carbocycles. The molecule has 2 atom stereocenters. The van der Waals surface area contributed by atoms with Crippen molar-refractivity contribution in [3.05, 3.63) is 15.6 Å². The standard InChI is InChI=1S/C14H24N2O3S2/c1-10-11(2)20-13(16-10)14(15-8-9-19-3)7-5-6-12(14)21(4,17)18/h12,15H,5-9H2,1-4H3. The van der Waals surface area contributed by atoms with Gasteiger partial charge in [-0.05, 0) is 33.1 Å². The highest BCUT2D eigenvalue weighted by atomic mass is 32.2. The molecule has 0 bridgehead atoms. The van der Waals surface area contributed by atoms with E-state index in [1.807, 2.05) is 13.8 Å². The number of sulfone groups is 1. The molecule has 120 valence electrons. The Kier molecular flexibility index (Phi) is 5.07. The number of nitrogens with one attached hydrogen (secondary N) is 1. The van der Waals surface area contributed by atoms with Gasteiger partial charge >= 0.3 is 0 Å². The van der Waals surface area contributed by atoms with E-state index in [1.54, 1.807) is 18.4 Å². The average molecular weight is 332 g/mol. The van der Waals surface area contributed by atoms with Gasteiger partial charge in [-0.3, -0.25) is 0 Å². The minimum atomic E-state index is -3.14. The third-order valence-corrected chi connectivity index (χ3v) is 7.18. The maximum atomic E-state index is 12.3. The van der Waals surface area contributed by atoms with Gasteiger partial charge < -0.3 is 10.1 Å². The summed E-state index contributed by atoms with van der Waals surface area (Å²) < 4.78 is 29.6. The van der Waals surface area contributed by atoms with Crippen molar-refractivity contribution in [3.8, 4) is 0 Å². The lowest BCUT2D eigenvalue weighted by Crippen LogP contribution is -2.52. The van der Waals surface area contributed by atoms with Crippen molar-refractivity contribution in [3.63, 3.8) is 0 Å². The van der Waals surface area contributed by atoms with Crippen molar-refractivity contribution < 1.29 is 13.2 Å². The van der Waals surface area contributed by atoms with Crippen LogP contribution in [0.4, 0.5) is 0 Å². The van der Waals surface area contributed by atoms with Gasteiger partial charge in [-0.25, -0.2) is 13.4 Å². The molecule has 0 radical (unpaired) electrons. The molecule has 1 aliphatic rings. The van der Waals surface area contributed by atoms with Crippen molar-refractivity contribution >= 4 is 21.2 Å². The first-order chi connectivity index (χ1) is 9.81. The molecule has 1 aliphatic carbocycles. The normalized spacial score (nSPS) is 26.4. The van der Waals surface area contributed by atoms with E-state index in [0.29, 0.717) is 19.6 Å². The molecule has 1 saturated carbocycles. The van der Waals surface area contributed by atoms with Crippen molar-refractivity contribution in [2.45, 2.75) is 43.9 Å². The second kappa shape index (κ2) is 6.32. The van der Waals surface area contributed by atoms with E-state index in [2.05, 4.69) is 10.3 Å². The van der Waals surface area contributed by atoms with E-state index in [9.17, 15) is 8.42 Å². The molecule has 0 spiro atoms. The fraction of sp³-hybridized carbons (Fsp3) is 0.786. The number of methoxy groups -OCH3 is 1. The zero-order valence-electron chi connectivity index (χ0n) is 13.1. The molecule has 1 N–H and O–H groups in total. The quantitative estimate of drug-likeness (QED) is 0.804. The first kappa shape index (κ1) is 16.9.